The van der Waals surface area contributed by atoms with E-state index in [2.05, 4.69) is 30.5 Å². The van der Waals surface area contributed by atoms with Gasteiger partial charge in [0.05, 0.1) is 11.2 Å². The van der Waals surface area contributed by atoms with Crippen LogP contribution in [0.15, 0.2) is 23.3 Å². The Hall–Kier alpha value is -1.86. The minimum absolute atomic E-state index is 0.164. The molecule has 0 aliphatic carbocycles. The summed E-state index contributed by atoms with van der Waals surface area (Å²) in [6.07, 6.45) is 4.77. The number of hydrogen-bond acceptors (Lipinski definition) is 6. The van der Waals surface area contributed by atoms with Crippen LogP contribution in [0.4, 0.5) is 0 Å². The molecule has 0 spiro atoms. The molecule has 1 fully saturated rings. The molecule has 0 unspecified atom stereocenters. The van der Waals surface area contributed by atoms with Gasteiger partial charge < -0.3 is 5.32 Å². The summed E-state index contributed by atoms with van der Waals surface area (Å²) in [5.74, 6) is 0.400. The Balaban J connectivity index is 1.60. The van der Waals surface area contributed by atoms with Crippen LogP contribution in [0.25, 0.3) is 0 Å². The van der Waals surface area contributed by atoms with E-state index in [1.807, 2.05) is 5.51 Å². The van der Waals surface area contributed by atoms with Crippen molar-refractivity contribution in [2.45, 2.75) is 25.8 Å². The quantitative estimate of drug-likeness (QED) is 0.904. The van der Waals surface area contributed by atoms with Crippen LogP contribution >= 0.6 is 11.3 Å². The van der Waals surface area contributed by atoms with Gasteiger partial charge in [0, 0.05) is 31.2 Å². The molecule has 3 heterocycles. The summed E-state index contributed by atoms with van der Waals surface area (Å²) in [7, 11) is 1.61. The first-order valence-corrected chi connectivity index (χ1v) is 8.81. The number of thiazole rings is 1. The number of likely N-dealkylation sites (tertiary alicyclic amines) is 1. The number of piperidine rings is 1. The Morgan fingerprint density at radius 3 is 3.09 bits per heavy atom. The molecule has 122 valence electrons. The fourth-order valence-electron chi connectivity index (χ4n) is 3.06. The number of rotatable bonds is 5. The highest BCUT2D eigenvalue weighted by molar-refractivity contribution is 7.07. The Labute approximate surface area is 140 Å². The molecular formula is C16H21N5OS. The van der Waals surface area contributed by atoms with Gasteiger partial charge in [-0.05, 0) is 37.8 Å². The lowest BCUT2D eigenvalue weighted by molar-refractivity contribution is 0.0957. The molecule has 7 heteroatoms. The molecule has 1 aliphatic rings. The van der Waals surface area contributed by atoms with Gasteiger partial charge in [0.2, 0.25) is 0 Å². The summed E-state index contributed by atoms with van der Waals surface area (Å²) >= 11 is 1.65. The predicted octanol–water partition coefficient (Wildman–Crippen LogP) is 1.75. The molecule has 1 N–H and O–H groups in total. The molecule has 2 aromatic heterocycles. The molecule has 23 heavy (non-hydrogen) atoms. The van der Waals surface area contributed by atoms with Crippen molar-refractivity contribution in [3.8, 4) is 0 Å². The molecular weight excluding hydrogens is 310 g/mol. The molecule has 1 atom stereocenters. The van der Waals surface area contributed by atoms with Crippen molar-refractivity contribution < 1.29 is 4.79 Å². The number of nitrogens with zero attached hydrogens (tertiary/aromatic N) is 4. The first-order valence-electron chi connectivity index (χ1n) is 7.87. The number of aromatic nitrogens is 3. The molecule has 6 nitrogen and oxygen atoms in total. The maximum absolute atomic E-state index is 11.7. The molecule has 1 aliphatic heterocycles. The molecule has 1 amide bonds. The summed E-state index contributed by atoms with van der Waals surface area (Å²) < 4.78 is 0. The number of hydrogen-bond donors (Lipinski definition) is 1. The monoisotopic (exact) mass is 331 g/mol. The normalized spacial score (nSPS) is 18.7. The molecule has 0 saturated carbocycles. The number of nitrogens with one attached hydrogen (secondary N) is 1. The molecule has 3 rings (SSSR count). The van der Waals surface area contributed by atoms with Crippen LogP contribution in [0.1, 0.15) is 34.7 Å². The fourth-order valence-corrected chi connectivity index (χ4v) is 3.61. The van der Waals surface area contributed by atoms with Gasteiger partial charge in [-0.15, -0.1) is 11.3 Å². The van der Waals surface area contributed by atoms with E-state index in [-0.39, 0.29) is 5.91 Å². The van der Waals surface area contributed by atoms with Gasteiger partial charge in [0.25, 0.3) is 5.91 Å². The third kappa shape index (κ3) is 4.33. The van der Waals surface area contributed by atoms with E-state index in [9.17, 15) is 4.79 Å². The fraction of sp³-hybridized carbons (Fsp3) is 0.500. The lowest BCUT2D eigenvalue weighted by Gasteiger charge is -2.32. The van der Waals surface area contributed by atoms with Crippen LogP contribution in [-0.2, 0) is 13.0 Å². The van der Waals surface area contributed by atoms with Gasteiger partial charge >= 0.3 is 0 Å². The van der Waals surface area contributed by atoms with Crippen LogP contribution in [-0.4, -0.2) is 45.9 Å². The van der Waals surface area contributed by atoms with Crippen LogP contribution < -0.4 is 5.32 Å². The molecule has 2 aromatic rings. The number of carbonyl (C=O) groups excluding carboxylic acids is 1. The van der Waals surface area contributed by atoms with Crippen molar-refractivity contribution in [1.82, 2.24) is 25.2 Å². The van der Waals surface area contributed by atoms with Crippen molar-refractivity contribution in [2.75, 3.05) is 20.1 Å². The Kier molecular flexibility index (Phi) is 5.30. The first-order chi connectivity index (χ1) is 11.2. The van der Waals surface area contributed by atoms with Crippen molar-refractivity contribution in [1.29, 1.82) is 0 Å². The topological polar surface area (TPSA) is 71.0 Å². The zero-order chi connectivity index (χ0) is 16.1. The van der Waals surface area contributed by atoms with Gasteiger partial charge in [-0.1, -0.05) is 0 Å². The van der Waals surface area contributed by atoms with Gasteiger partial charge in [-0.25, -0.2) is 15.0 Å². The molecule has 0 bridgehead atoms. The minimum Gasteiger partial charge on any atom is -0.354 e. The van der Waals surface area contributed by atoms with Crippen molar-refractivity contribution in [2.24, 2.45) is 5.92 Å². The maximum atomic E-state index is 11.7. The Bertz CT molecular complexity index is 646. The highest BCUT2D eigenvalue weighted by Crippen LogP contribution is 2.21. The minimum atomic E-state index is -0.164. The zero-order valence-corrected chi connectivity index (χ0v) is 14.1. The van der Waals surface area contributed by atoms with Crippen molar-refractivity contribution in [3.05, 3.63) is 40.4 Å². The van der Waals surface area contributed by atoms with E-state index >= 15 is 0 Å². The van der Waals surface area contributed by atoms with Crippen LogP contribution in [0.5, 0.6) is 0 Å². The molecule has 0 aromatic carbocycles. The second-order valence-corrected chi connectivity index (χ2v) is 6.62. The van der Waals surface area contributed by atoms with E-state index in [0.717, 1.165) is 37.4 Å². The summed E-state index contributed by atoms with van der Waals surface area (Å²) in [6.45, 7) is 3.10. The second-order valence-electron chi connectivity index (χ2n) is 5.90. The van der Waals surface area contributed by atoms with Crippen molar-refractivity contribution >= 4 is 17.2 Å². The second kappa shape index (κ2) is 7.61. The van der Waals surface area contributed by atoms with E-state index in [1.165, 1.54) is 19.2 Å². The van der Waals surface area contributed by atoms with E-state index in [0.29, 0.717) is 11.6 Å². The largest absolute Gasteiger partial charge is 0.354 e. The predicted molar refractivity (Wildman–Crippen MR) is 89.2 cm³/mol. The van der Waals surface area contributed by atoms with E-state index in [4.69, 9.17) is 0 Å². The summed E-state index contributed by atoms with van der Waals surface area (Å²) in [6, 6.07) is 1.80. The summed E-state index contributed by atoms with van der Waals surface area (Å²) in [5.41, 5.74) is 4.42. The molecule has 0 radical (unpaired) electrons. The Morgan fingerprint density at radius 1 is 1.39 bits per heavy atom. The average Bonchev–Trinajstić information content (AvgIpc) is 3.07. The smallest absolute Gasteiger partial charge is 0.269 e. The highest BCUT2D eigenvalue weighted by Gasteiger charge is 2.21. The lowest BCUT2D eigenvalue weighted by atomic mass is 9.93. The third-order valence-electron chi connectivity index (χ3n) is 4.15. The summed E-state index contributed by atoms with van der Waals surface area (Å²) in [5, 5.41) is 4.72. The van der Waals surface area contributed by atoms with Gasteiger partial charge in [-0.3, -0.25) is 9.69 Å². The first kappa shape index (κ1) is 16.0. The highest BCUT2D eigenvalue weighted by atomic mass is 32.1. The Morgan fingerprint density at radius 2 is 2.30 bits per heavy atom. The average molecular weight is 331 g/mol. The van der Waals surface area contributed by atoms with Crippen LogP contribution in [0.3, 0.4) is 0 Å². The number of carbonyl (C=O) groups is 1. The summed E-state index contributed by atoms with van der Waals surface area (Å²) in [4.78, 5) is 26.9. The van der Waals surface area contributed by atoms with E-state index in [1.54, 1.807) is 24.5 Å². The van der Waals surface area contributed by atoms with Gasteiger partial charge in [-0.2, -0.15) is 0 Å². The van der Waals surface area contributed by atoms with Crippen molar-refractivity contribution in [3.63, 3.8) is 0 Å². The van der Waals surface area contributed by atoms with Gasteiger partial charge in [0.1, 0.15) is 12.0 Å². The number of amides is 1. The SMILES string of the molecule is CNC(=O)c1cc(C[C@@H]2CCCN(Cc3cscn3)C2)ncn1. The lowest BCUT2D eigenvalue weighted by Crippen LogP contribution is -2.36. The maximum Gasteiger partial charge on any atom is 0.269 e. The third-order valence-corrected chi connectivity index (χ3v) is 4.79. The zero-order valence-electron chi connectivity index (χ0n) is 13.2. The van der Waals surface area contributed by atoms with Gasteiger partial charge in [0.15, 0.2) is 0 Å². The van der Waals surface area contributed by atoms with E-state index < -0.39 is 0 Å². The standard InChI is InChI=1S/C16H21N5OS/c1-17-16(22)15-6-13(18-10-19-15)5-12-3-2-4-21(7-12)8-14-9-23-11-20-14/h6,9-12H,2-5,7-8H2,1H3,(H,17,22)/t12-/m0/s1. The van der Waals surface area contributed by atoms with Crippen LogP contribution in [0, 0.1) is 5.92 Å². The van der Waals surface area contributed by atoms with Crippen LogP contribution in [0.2, 0.25) is 0 Å². The molecule has 1 saturated heterocycles.